The van der Waals surface area contributed by atoms with Gasteiger partial charge >= 0.3 is 0 Å². The van der Waals surface area contributed by atoms with Crippen LogP contribution < -0.4 is 10.6 Å². The number of amides is 1. The van der Waals surface area contributed by atoms with Crippen LogP contribution >= 0.6 is 0 Å². The Hall–Kier alpha value is -2.20. The number of carbonyl (C=O) groups excluding carboxylic acids is 1. The lowest BCUT2D eigenvalue weighted by Gasteiger charge is -2.13. The van der Waals surface area contributed by atoms with Crippen molar-refractivity contribution in [3.05, 3.63) is 59.9 Å². The van der Waals surface area contributed by atoms with E-state index >= 15 is 0 Å². The molecule has 0 bridgehead atoms. The van der Waals surface area contributed by atoms with Gasteiger partial charge in [-0.2, -0.15) is 0 Å². The van der Waals surface area contributed by atoms with Gasteiger partial charge in [0, 0.05) is 37.6 Å². The lowest BCUT2D eigenvalue weighted by Crippen LogP contribution is -2.22. The summed E-state index contributed by atoms with van der Waals surface area (Å²) < 4.78 is 0. The molecule has 1 aromatic heterocycles. The van der Waals surface area contributed by atoms with Crippen molar-refractivity contribution in [2.75, 3.05) is 11.9 Å². The molecule has 0 aliphatic rings. The zero-order chi connectivity index (χ0) is 15.8. The van der Waals surface area contributed by atoms with Crippen LogP contribution in [-0.4, -0.2) is 17.4 Å². The van der Waals surface area contributed by atoms with Crippen LogP contribution in [-0.2, 0) is 11.3 Å². The highest BCUT2D eigenvalue weighted by Gasteiger charge is 2.08. The summed E-state index contributed by atoms with van der Waals surface area (Å²) in [6.45, 7) is 5.65. The Kier molecular flexibility index (Phi) is 6.10. The van der Waals surface area contributed by atoms with Crippen LogP contribution in [0.4, 0.5) is 5.69 Å². The minimum Gasteiger partial charge on any atom is -0.326 e. The number of para-hydroxylation sites is 1. The standard InChI is InChI=1S/C18H23N3O/c1-14(2)16-5-3-4-6-17(16)21-18(22)9-12-20-13-15-7-10-19-11-8-15/h3-8,10-11,14,20H,9,12-13H2,1-2H3,(H,21,22). The van der Waals surface area contributed by atoms with E-state index in [0.717, 1.165) is 12.2 Å². The largest absolute Gasteiger partial charge is 0.326 e. The highest BCUT2D eigenvalue weighted by Crippen LogP contribution is 2.23. The van der Waals surface area contributed by atoms with Crippen LogP contribution in [0.15, 0.2) is 48.8 Å². The first-order valence-electron chi connectivity index (χ1n) is 7.65. The van der Waals surface area contributed by atoms with E-state index in [1.165, 1.54) is 11.1 Å². The Labute approximate surface area is 132 Å². The molecule has 0 unspecified atom stereocenters. The van der Waals surface area contributed by atoms with E-state index in [0.29, 0.717) is 18.9 Å². The third kappa shape index (κ3) is 4.97. The van der Waals surface area contributed by atoms with Crippen molar-refractivity contribution in [1.82, 2.24) is 10.3 Å². The quantitative estimate of drug-likeness (QED) is 0.771. The Morgan fingerprint density at radius 3 is 2.59 bits per heavy atom. The summed E-state index contributed by atoms with van der Waals surface area (Å²) in [6.07, 6.45) is 4.00. The molecule has 0 saturated heterocycles. The van der Waals surface area contributed by atoms with Crippen molar-refractivity contribution in [2.24, 2.45) is 0 Å². The number of hydrogen-bond donors (Lipinski definition) is 2. The zero-order valence-electron chi connectivity index (χ0n) is 13.2. The van der Waals surface area contributed by atoms with Crippen LogP contribution in [0, 0.1) is 0 Å². The molecule has 4 heteroatoms. The monoisotopic (exact) mass is 297 g/mol. The Morgan fingerprint density at radius 2 is 1.86 bits per heavy atom. The SMILES string of the molecule is CC(C)c1ccccc1NC(=O)CCNCc1ccncc1. The van der Waals surface area contributed by atoms with E-state index in [2.05, 4.69) is 35.5 Å². The van der Waals surface area contributed by atoms with Crippen LogP contribution in [0.1, 0.15) is 37.3 Å². The average Bonchev–Trinajstić information content (AvgIpc) is 2.53. The number of nitrogens with one attached hydrogen (secondary N) is 2. The molecule has 1 aromatic carbocycles. The van der Waals surface area contributed by atoms with E-state index in [9.17, 15) is 4.79 Å². The van der Waals surface area contributed by atoms with E-state index in [-0.39, 0.29) is 5.91 Å². The second-order valence-corrected chi connectivity index (χ2v) is 5.57. The predicted octanol–water partition coefficient (Wildman–Crippen LogP) is 3.32. The highest BCUT2D eigenvalue weighted by atomic mass is 16.1. The third-order valence-electron chi connectivity index (χ3n) is 3.46. The summed E-state index contributed by atoms with van der Waals surface area (Å²) in [5, 5.41) is 6.27. The molecule has 0 saturated carbocycles. The summed E-state index contributed by atoms with van der Waals surface area (Å²) in [5.74, 6) is 0.427. The lowest BCUT2D eigenvalue weighted by atomic mass is 10.0. The number of anilines is 1. The normalized spacial score (nSPS) is 10.7. The summed E-state index contributed by atoms with van der Waals surface area (Å²) in [5.41, 5.74) is 3.25. The van der Waals surface area contributed by atoms with Gasteiger partial charge in [0.15, 0.2) is 0 Å². The average molecular weight is 297 g/mol. The summed E-state index contributed by atoms with van der Waals surface area (Å²) in [7, 11) is 0. The Balaban J connectivity index is 1.77. The minimum absolute atomic E-state index is 0.0373. The molecule has 0 spiro atoms. The molecule has 116 valence electrons. The summed E-state index contributed by atoms with van der Waals surface area (Å²) in [6, 6.07) is 11.9. The fraction of sp³-hybridized carbons (Fsp3) is 0.333. The van der Waals surface area contributed by atoms with Crippen LogP contribution in [0.25, 0.3) is 0 Å². The minimum atomic E-state index is 0.0373. The van der Waals surface area contributed by atoms with Crippen molar-refractivity contribution in [3.63, 3.8) is 0 Å². The van der Waals surface area contributed by atoms with Gasteiger partial charge in [-0.1, -0.05) is 32.0 Å². The van der Waals surface area contributed by atoms with E-state index in [4.69, 9.17) is 0 Å². The molecule has 0 aliphatic carbocycles. The number of pyridine rings is 1. The lowest BCUT2D eigenvalue weighted by molar-refractivity contribution is -0.116. The molecule has 22 heavy (non-hydrogen) atoms. The van der Waals surface area contributed by atoms with Gasteiger partial charge in [-0.25, -0.2) is 0 Å². The number of benzene rings is 1. The molecule has 1 amide bonds. The number of hydrogen-bond acceptors (Lipinski definition) is 3. The molecule has 0 radical (unpaired) electrons. The van der Waals surface area contributed by atoms with Gasteiger partial charge in [0.1, 0.15) is 0 Å². The van der Waals surface area contributed by atoms with E-state index in [1.54, 1.807) is 12.4 Å². The molecule has 1 heterocycles. The maximum Gasteiger partial charge on any atom is 0.225 e. The second kappa shape index (κ2) is 8.29. The van der Waals surface area contributed by atoms with Crippen molar-refractivity contribution in [3.8, 4) is 0 Å². The number of rotatable bonds is 7. The van der Waals surface area contributed by atoms with Crippen molar-refractivity contribution >= 4 is 11.6 Å². The van der Waals surface area contributed by atoms with Crippen molar-refractivity contribution in [2.45, 2.75) is 32.7 Å². The van der Waals surface area contributed by atoms with E-state index < -0.39 is 0 Å². The van der Waals surface area contributed by atoms with Crippen molar-refractivity contribution < 1.29 is 4.79 Å². The maximum absolute atomic E-state index is 12.0. The number of aromatic nitrogens is 1. The predicted molar refractivity (Wildman–Crippen MR) is 89.7 cm³/mol. The first kappa shape index (κ1) is 16.2. The van der Waals surface area contributed by atoms with E-state index in [1.807, 2.05) is 30.3 Å². The smallest absolute Gasteiger partial charge is 0.225 e. The summed E-state index contributed by atoms with van der Waals surface area (Å²) in [4.78, 5) is 16.0. The van der Waals surface area contributed by atoms with Crippen LogP contribution in [0.5, 0.6) is 0 Å². The topological polar surface area (TPSA) is 54.0 Å². The van der Waals surface area contributed by atoms with Crippen LogP contribution in [0.3, 0.4) is 0 Å². The molecule has 2 N–H and O–H groups in total. The molecular formula is C18H23N3O. The molecule has 2 aromatic rings. The van der Waals surface area contributed by atoms with Gasteiger partial charge in [-0.3, -0.25) is 9.78 Å². The van der Waals surface area contributed by atoms with Gasteiger partial charge < -0.3 is 10.6 Å². The molecule has 0 fully saturated rings. The zero-order valence-corrected chi connectivity index (χ0v) is 13.2. The fourth-order valence-corrected chi connectivity index (χ4v) is 2.26. The van der Waals surface area contributed by atoms with Gasteiger partial charge in [0.25, 0.3) is 0 Å². The first-order chi connectivity index (χ1) is 10.7. The number of carbonyl (C=O) groups is 1. The Bertz CT molecular complexity index is 596. The first-order valence-corrected chi connectivity index (χ1v) is 7.65. The second-order valence-electron chi connectivity index (χ2n) is 5.57. The molecule has 4 nitrogen and oxygen atoms in total. The van der Waals surface area contributed by atoms with Crippen molar-refractivity contribution in [1.29, 1.82) is 0 Å². The molecule has 2 rings (SSSR count). The number of nitrogens with zero attached hydrogens (tertiary/aromatic N) is 1. The highest BCUT2D eigenvalue weighted by molar-refractivity contribution is 5.91. The summed E-state index contributed by atoms with van der Waals surface area (Å²) >= 11 is 0. The Morgan fingerprint density at radius 1 is 1.14 bits per heavy atom. The molecule has 0 aliphatic heterocycles. The van der Waals surface area contributed by atoms with Gasteiger partial charge in [-0.05, 0) is 35.2 Å². The van der Waals surface area contributed by atoms with Gasteiger partial charge in [-0.15, -0.1) is 0 Å². The molecular weight excluding hydrogens is 274 g/mol. The van der Waals surface area contributed by atoms with Crippen LogP contribution in [0.2, 0.25) is 0 Å². The molecule has 0 atom stereocenters. The van der Waals surface area contributed by atoms with Gasteiger partial charge in [0.05, 0.1) is 0 Å². The maximum atomic E-state index is 12.0. The van der Waals surface area contributed by atoms with Gasteiger partial charge in [0.2, 0.25) is 5.91 Å². The fourth-order valence-electron chi connectivity index (χ4n) is 2.26. The third-order valence-corrected chi connectivity index (χ3v) is 3.46.